The van der Waals surface area contributed by atoms with E-state index < -0.39 is 30.4 Å². The molecule has 1 atom stereocenters. The van der Waals surface area contributed by atoms with Crippen LogP contribution in [0.3, 0.4) is 0 Å². The highest BCUT2D eigenvalue weighted by molar-refractivity contribution is 5.86. The van der Waals surface area contributed by atoms with Crippen molar-refractivity contribution in [3.63, 3.8) is 0 Å². The first kappa shape index (κ1) is 18.2. The number of amides is 2. The van der Waals surface area contributed by atoms with Crippen molar-refractivity contribution in [3.8, 4) is 0 Å². The monoisotopic (exact) mass is 289 g/mol. The molecule has 4 N–H and O–H groups in total. The molecule has 2 amide bonds. The number of carbonyl (C=O) groups is 3. The molecule has 0 aliphatic carbocycles. The number of carboxylic acids is 2. The van der Waals surface area contributed by atoms with Gasteiger partial charge in [-0.15, -0.1) is 0 Å². The highest BCUT2D eigenvalue weighted by Crippen LogP contribution is 1.93. The van der Waals surface area contributed by atoms with Crippen LogP contribution >= 0.6 is 0 Å². The van der Waals surface area contributed by atoms with Crippen molar-refractivity contribution in [2.45, 2.75) is 32.7 Å². The lowest BCUT2D eigenvalue weighted by Crippen LogP contribution is -2.47. The van der Waals surface area contributed by atoms with E-state index in [4.69, 9.17) is 10.2 Å². The summed E-state index contributed by atoms with van der Waals surface area (Å²) in [7, 11) is 0. The second-order valence-corrected chi connectivity index (χ2v) is 4.27. The summed E-state index contributed by atoms with van der Waals surface area (Å²) in [5, 5.41) is 21.9. The van der Waals surface area contributed by atoms with Crippen molar-refractivity contribution >= 4 is 18.0 Å². The number of hydrogen-bond acceptors (Lipinski definition) is 4. The normalized spacial score (nSPS) is 11.9. The lowest BCUT2D eigenvalue weighted by Gasteiger charge is -2.18. The van der Waals surface area contributed by atoms with Crippen molar-refractivity contribution in [1.29, 1.82) is 0 Å². The van der Waals surface area contributed by atoms with Crippen LogP contribution < -0.4 is 10.6 Å². The Morgan fingerprint density at radius 1 is 1.15 bits per heavy atom. The third kappa shape index (κ3) is 8.30. The van der Waals surface area contributed by atoms with Crippen molar-refractivity contribution in [3.05, 3.63) is 0 Å². The average Bonchev–Trinajstić information content (AvgIpc) is 2.37. The molecule has 116 valence electrons. The van der Waals surface area contributed by atoms with Crippen LogP contribution in [0, 0.1) is 0 Å². The minimum atomic E-state index is -1.42. The van der Waals surface area contributed by atoms with Crippen molar-refractivity contribution in [1.82, 2.24) is 15.5 Å². The first-order valence-corrected chi connectivity index (χ1v) is 6.62. The summed E-state index contributed by atoms with van der Waals surface area (Å²) in [6.07, 6.45) is 0.0912. The van der Waals surface area contributed by atoms with E-state index in [9.17, 15) is 14.4 Å². The number of carbonyl (C=O) groups excluding carboxylic acids is 1. The fourth-order valence-electron chi connectivity index (χ4n) is 1.63. The summed E-state index contributed by atoms with van der Waals surface area (Å²) in [6.45, 7) is 7.21. The highest BCUT2D eigenvalue weighted by Gasteiger charge is 2.22. The Balaban J connectivity index is 3.96. The summed E-state index contributed by atoms with van der Waals surface area (Å²) < 4.78 is 0. The minimum absolute atomic E-state index is 0.405. The molecule has 0 aromatic rings. The lowest BCUT2D eigenvalue weighted by molar-refractivity contribution is -0.145. The van der Waals surface area contributed by atoms with E-state index in [0.29, 0.717) is 6.54 Å². The molecule has 8 nitrogen and oxygen atoms in total. The van der Waals surface area contributed by atoms with Crippen LogP contribution in [0.5, 0.6) is 0 Å². The number of hydrogen-bond donors (Lipinski definition) is 4. The van der Waals surface area contributed by atoms with Gasteiger partial charge in [0, 0.05) is 6.54 Å². The number of urea groups is 1. The molecule has 8 heteroatoms. The van der Waals surface area contributed by atoms with E-state index in [2.05, 4.69) is 15.5 Å². The molecule has 0 fully saturated rings. The molecule has 0 unspecified atom stereocenters. The summed E-state index contributed by atoms with van der Waals surface area (Å²) in [5.41, 5.74) is 0. The van der Waals surface area contributed by atoms with Gasteiger partial charge in [-0.3, -0.25) is 4.79 Å². The molecule has 0 aliphatic heterocycles. The molecule has 0 spiro atoms. The van der Waals surface area contributed by atoms with Crippen LogP contribution in [0.4, 0.5) is 4.79 Å². The first-order valence-electron chi connectivity index (χ1n) is 6.62. The fraction of sp³-hybridized carbons (Fsp3) is 0.750. The molecule has 0 radical (unpaired) electrons. The van der Waals surface area contributed by atoms with E-state index in [0.717, 1.165) is 26.1 Å². The predicted octanol–water partition coefficient (Wildman–Crippen LogP) is -0.0546. The van der Waals surface area contributed by atoms with Gasteiger partial charge in [-0.2, -0.15) is 0 Å². The van der Waals surface area contributed by atoms with E-state index in [1.54, 1.807) is 0 Å². The average molecular weight is 289 g/mol. The van der Waals surface area contributed by atoms with Gasteiger partial charge in [0.25, 0.3) is 0 Å². The van der Waals surface area contributed by atoms with Crippen LogP contribution in [-0.4, -0.2) is 65.3 Å². The molecule has 0 rings (SSSR count). The minimum Gasteiger partial charge on any atom is -0.481 e. The van der Waals surface area contributed by atoms with Gasteiger partial charge in [0.1, 0.15) is 6.04 Å². The Labute approximate surface area is 118 Å². The van der Waals surface area contributed by atoms with Crippen molar-refractivity contribution < 1.29 is 24.6 Å². The summed E-state index contributed by atoms with van der Waals surface area (Å²) in [4.78, 5) is 34.8. The first-order chi connectivity index (χ1) is 9.40. The molecular weight excluding hydrogens is 266 g/mol. The number of carboxylic acid groups (broad SMARTS) is 2. The van der Waals surface area contributed by atoms with Crippen LogP contribution in [0.15, 0.2) is 0 Å². The van der Waals surface area contributed by atoms with Crippen molar-refractivity contribution in [2.24, 2.45) is 0 Å². The molecular formula is C12H23N3O5. The number of nitrogens with one attached hydrogen (secondary N) is 2. The van der Waals surface area contributed by atoms with E-state index in [-0.39, 0.29) is 0 Å². The van der Waals surface area contributed by atoms with Gasteiger partial charge >= 0.3 is 18.0 Å². The summed E-state index contributed by atoms with van der Waals surface area (Å²) in [5.74, 6) is -2.65. The Morgan fingerprint density at radius 3 is 2.20 bits per heavy atom. The Kier molecular flexibility index (Phi) is 9.10. The molecule has 0 saturated carbocycles. The van der Waals surface area contributed by atoms with Gasteiger partial charge in [-0.05, 0) is 26.1 Å². The molecule has 0 saturated heterocycles. The van der Waals surface area contributed by atoms with Gasteiger partial charge in [0.2, 0.25) is 0 Å². The Hall–Kier alpha value is -1.83. The smallest absolute Gasteiger partial charge is 0.326 e. The second kappa shape index (κ2) is 10.0. The summed E-state index contributed by atoms with van der Waals surface area (Å²) in [6, 6.07) is -2.09. The maximum Gasteiger partial charge on any atom is 0.326 e. The zero-order valence-corrected chi connectivity index (χ0v) is 11.9. The van der Waals surface area contributed by atoms with Gasteiger partial charge in [-0.1, -0.05) is 13.8 Å². The van der Waals surface area contributed by atoms with Crippen LogP contribution in [0.25, 0.3) is 0 Å². The van der Waals surface area contributed by atoms with Gasteiger partial charge in [0.05, 0.1) is 6.42 Å². The topological polar surface area (TPSA) is 119 Å². The molecule has 0 heterocycles. The largest absolute Gasteiger partial charge is 0.481 e. The van der Waals surface area contributed by atoms with Gasteiger partial charge < -0.3 is 25.7 Å². The maximum absolute atomic E-state index is 11.4. The molecule has 0 aliphatic rings. The third-order valence-electron chi connectivity index (χ3n) is 2.81. The maximum atomic E-state index is 11.4. The zero-order valence-electron chi connectivity index (χ0n) is 11.9. The summed E-state index contributed by atoms with van der Waals surface area (Å²) >= 11 is 0. The zero-order chi connectivity index (χ0) is 15.5. The predicted molar refractivity (Wildman–Crippen MR) is 72.6 cm³/mol. The highest BCUT2D eigenvalue weighted by atomic mass is 16.4. The van der Waals surface area contributed by atoms with Gasteiger partial charge in [-0.25, -0.2) is 9.59 Å². The standard InChI is InChI=1S/C12H23N3O5/c1-3-15(4-2)7-5-6-13-12(20)14-9(11(18)19)8-10(16)17/h9H,3-8H2,1-2H3,(H,16,17)(H,18,19)(H2,13,14,20)/t9-/m1/s1. The molecule has 0 aromatic carbocycles. The van der Waals surface area contributed by atoms with Crippen LogP contribution in [0.1, 0.15) is 26.7 Å². The molecule has 0 aromatic heterocycles. The fourth-order valence-corrected chi connectivity index (χ4v) is 1.63. The van der Waals surface area contributed by atoms with E-state index >= 15 is 0 Å². The van der Waals surface area contributed by atoms with Crippen LogP contribution in [0.2, 0.25) is 0 Å². The third-order valence-corrected chi connectivity index (χ3v) is 2.81. The second-order valence-electron chi connectivity index (χ2n) is 4.27. The van der Waals surface area contributed by atoms with E-state index in [1.165, 1.54) is 0 Å². The SMILES string of the molecule is CCN(CC)CCCNC(=O)N[C@H](CC(=O)O)C(=O)O. The Bertz CT molecular complexity index is 331. The van der Waals surface area contributed by atoms with Gasteiger partial charge in [0.15, 0.2) is 0 Å². The van der Waals surface area contributed by atoms with Crippen LogP contribution in [-0.2, 0) is 9.59 Å². The van der Waals surface area contributed by atoms with Crippen molar-refractivity contribution in [2.75, 3.05) is 26.2 Å². The number of rotatable bonds is 10. The Morgan fingerprint density at radius 2 is 1.75 bits per heavy atom. The number of nitrogens with zero attached hydrogens (tertiary/aromatic N) is 1. The quantitative estimate of drug-likeness (QED) is 0.418. The molecule has 0 bridgehead atoms. The lowest BCUT2D eigenvalue weighted by atomic mass is 10.2. The molecule has 20 heavy (non-hydrogen) atoms. The number of aliphatic carboxylic acids is 2. The van der Waals surface area contributed by atoms with E-state index in [1.807, 2.05) is 13.8 Å².